The summed E-state index contributed by atoms with van der Waals surface area (Å²) in [5.74, 6) is 0. The first kappa shape index (κ1) is 17.2. The van der Waals surface area contributed by atoms with Crippen LogP contribution in [0.3, 0.4) is 0 Å². The van der Waals surface area contributed by atoms with Gasteiger partial charge >= 0.3 is 44.4 Å². The maximum Gasteiger partial charge on any atom is 2.00 e. The maximum absolute atomic E-state index is 3.96. The van der Waals surface area contributed by atoms with Crippen molar-refractivity contribution in [2.75, 3.05) is 0 Å². The molecule has 0 aliphatic rings. The van der Waals surface area contributed by atoms with Gasteiger partial charge in [-0.2, -0.15) is 0 Å². The van der Waals surface area contributed by atoms with E-state index < -0.39 is 0 Å². The number of rotatable bonds is 0. The van der Waals surface area contributed by atoms with Crippen molar-refractivity contribution in [3.05, 3.63) is 0 Å². The van der Waals surface area contributed by atoms with Crippen molar-refractivity contribution < 1.29 is 19.5 Å². The molecule has 0 aromatic rings. The third-order valence-corrected chi connectivity index (χ3v) is 0. The molecule has 0 fully saturated rings. The van der Waals surface area contributed by atoms with E-state index in [1.54, 1.807) is 0 Å². The molecule has 0 aromatic heterocycles. The summed E-state index contributed by atoms with van der Waals surface area (Å²) in [5, 5.41) is 0. The first-order chi connectivity index (χ1) is 1.00. The van der Waals surface area contributed by atoms with Gasteiger partial charge in [0.1, 0.15) is 0 Å². The van der Waals surface area contributed by atoms with Crippen LogP contribution in [0.15, 0.2) is 0 Å². The first-order valence-corrected chi connectivity index (χ1v) is 2.60. The second kappa shape index (κ2) is 22.1. The Hall–Kier alpha value is 1.71. The SMILES string of the molecule is S=[Se].[S-2].[Zn+2]. The quantitative estimate of drug-likeness (QED) is 0.515. The summed E-state index contributed by atoms with van der Waals surface area (Å²) >= 11 is 2.21. The molecule has 0 rings (SSSR count). The molecule has 0 N–H and O–H groups in total. The van der Waals surface area contributed by atoms with Crippen molar-refractivity contribution >= 4 is 38.4 Å². The van der Waals surface area contributed by atoms with E-state index in [9.17, 15) is 0 Å². The zero-order valence-electron chi connectivity index (χ0n) is 1.93. The topological polar surface area (TPSA) is 0 Å². The molecule has 0 saturated carbocycles. The van der Waals surface area contributed by atoms with Gasteiger partial charge in [0, 0.05) is 0 Å². The average molecular weight is 208 g/mol. The van der Waals surface area contributed by atoms with Gasteiger partial charge in [0.25, 0.3) is 0 Å². The van der Waals surface area contributed by atoms with Crippen LogP contribution in [0.2, 0.25) is 0 Å². The van der Waals surface area contributed by atoms with Crippen molar-refractivity contribution in [2.24, 2.45) is 0 Å². The molecular weight excluding hydrogens is 208 g/mol. The van der Waals surface area contributed by atoms with Gasteiger partial charge in [0.05, 0.1) is 0 Å². The van der Waals surface area contributed by atoms with Crippen molar-refractivity contribution in [1.82, 2.24) is 0 Å². The fraction of sp³-hybridized carbons (Fsp3) is 0. The molecule has 0 radical (unpaired) electrons. The van der Waals surface area contributed by atoms with Gasteiger partial charge in [-0.1, -0.05) is 0 Å². The molecule has 4 heavy (non-hydrogen) atoms. The van der Waals surface area contributed by atoms with Gasteiger partial charge in [0.15, 0.2) is 0 Å². The third kappa shape index (κ3) is 9.31. The van der Waals surface area contributed by atoms with E-state index in [1.807, 2.05) is 0 Å². The van der Waals surface area contributed by atoms with E-state index in [4.69, 9.17) is 0 Å². The van der Waals surface area contributed by atoms with Crippen molar-refractivity contribution in [3.63, 3.8) is 0 Å². The Morgan fingerprint density at radius 3 is 1.25 bits per heavy atom. The fourth-order valence-corrected chi connectivity index (χ4v) is 0. The monoisotopic (exact) mass is 208 g/mol. The van der Waals surface area contributed by atoms with E-state index in [0.29, 0.717) is 0 Å². The molecule has 4 heteroatoms. The Morgan fingerprint density at radius 1 is 1.25 bits per heavy atom. The molecule has 0 heterocycles. The van der Waals surface area contributed by atoms with Crippen LogP contribution in [0.5, 0.6) is 0 Å². The number of hydrogen-bond acceptors (Lipinski definition) is 1. The molecule has 0 aromatic carbocycles. The zero-order valence-corrected chi connectivity index (χ0v) is 8.25. The Balaban J connectivity index is -0.00000000500. The smallest absolute Gasteiger partial charge is 2.00 e. The fourth-order valence-electron chi connectivity index (χ4n) is 0. The van der Waals surface area contributed by atoms with E-state index in [-0.39, 0.29) is 33.0 Å². The summed E-state index contributed by atoms with van der Waals surface area (Å²) in [6, 6.07) is 0. The molecule has 0 bridgehead atoms. The minimum absolute atomic E-state index is 0. The molecule has 0 saturated heterocycles. The van der Waals surface area contributed by atoms with Crippen LogP contribution in [0, 0.1) is 0 Å². The second-order valence-electron chi connectivity index (χ2n) is 0. The Bertz CT molecular complexity index is 6.00. The zero-order chi connectivity index (χ0) is 2.00. The average Bonchev–Trinajstić information content (AvgIpc) is 1.00. The van der Waals surface area contributed by atoms with Crippen LogP contribution in [0.25, 0.3) is 0 Å². The van der Waals surface area contributed by atoms with Crippen molar-refractivity contribution in [3.8, 4) is 0 Å². The van der Waals surface area contributed by atoms with E-state index in [0.717, 1.165) is 0 Å². The van der Waals surface area contributed by atoms with Crippen molar-refractivity contribution in [2.45, 2.75) is 0 Å². The van der Waals surface area contributed by atoms with Crippen molar-refractivity contribution in [1.29, 1.82) is 0 Å². The summed E-state index contributed by atoms with van der Waals surface area (Å²) in [6.45, 7) is 0. The van der Waals surface area contributed by atoms with Gasteiger partial charge < -0.3 is 13.5 Å². The van der Waals surface area contributed by atoms with Gasteiger partial charge in [-0.15, -0.1) is 0 Å². The number of hydrogen-bond donors (Lipinski definition) is 0. The van der Waals surface area contributed by atoms with Crippen LogP contribution >= 0.6 is 10.6 Å². The van der Waals surface area contributed by atoms with Gasteiger partial charge in [-0.25, -0.2) is 0 Å². The third-order valence-electron chi connectivity index (χ3n) is 0. The molecule has 0 aliphatic heterocycles. The standard InChI is InChI=1S/SSe.S.Zn/c1-2;;/q;-2;+2. The Labute approximate surface area is 57.6 Å². The molecule has 0 atom stereocenters. The summed E-state index contributed by atoms with van der Waals surface area (Å²) < 4.78 is 0. The predicted octanol–water partition coefficient (Wildman–Crippen LogP) is 0.262. The van der Waals surface area contributed by atoms with Crippen LogP contribution in [0.1, 0.15) is 0 Å². The summed E-state index contributed by atoms with van der Waals surface area (Å²) in [6.07, 6.45) is 0. The van der Waals surface area contributed by atoms with Gasteiger partial charge in [-0.3, -0.25) is 0 Å². The minimum Gasteiger partial charge on any atom is -2.00 e. The first-order valence-electron chi connectivity index (χ1n) is 0.167. The summed E-state index contributed by atoms with van der Waals surface area (Å²) in [4.78, 5) is 0. The summed E-state index contributed by atoms with van der Waals surface area (Å²) in [7, 11) is 3.96. The molecular formula is S2SeZn. The van der Waals surface area contributed by atoms with Gasteiger partial charge in [-0.05, 0) is 0 Å². The summed E-state index contributed by atoms with van der Waals surface area (Å²) in [5.41, 5.74) is 0. The predicted molar refractivity (Wildman–Crippen MR) is 20.7 cm³/mol. The molecule has 0 amide bonds. The van der Waals surface area contributed by atoms with Crippen LogP contribution in [0.4, 0.5) is 0 Å². The molecule has 0 unspecified atom stereocenters. The van der Waals surface area contributed by atoms with E-state index >= 15 is 0 Å². The Kier molecular flexibility index (Phi) is 95.4. The maximum atomic E-state index is 3.96. The molecule has 0 aliphatic carbocycles. The van der Waals surface area contributed by atoms with Crippen LogP contribution in [-0.2, 0) is 33.0 Å². The minimum atomic E-state index is 0. The van der Waals surface area contributed by atoms with E-state index in [2.05, 4.69) is 24.9 Å². The molecule has 0 spiro atoms. The molecule has 0 nitrogen and oxygen atoms in total. The van der Waals surface area contributed by atoms with Crippen LogP contribution < -0.4 is 0 Å². The normalized spacial score (nSPS) is 1.00. The second-order valence-corrected chi connectivity index (χ2v) is 0. The Morgan fingerprint density at radius 2 is 1.25 bits per heavy atom. The van der Waals surface area contributed by atoms with Gasteiger partial charge in [0.2, 0.25) is 0 Å². The molecule has 20 valence electrons. The van der Waals surface area contributed by atoms with Crippen LogP contribution in [-0.4, -0.2) is 14.4 Å². The van der Waals surface area contributed by atoms with E-state index in [1.165, 1.54) is 0 Å². The largest absolute Gasteiger partial charge is 2.00 e.